The van der Waals surface area contributed by atoms with Crippen LogP contribution in [-0.4, -0.2) is 30.7 Å². The maximum Gasteiger partial charge on any atom is 0.0788 e. The van der Waals surface area contributed by atoms with E-state index in [1.165, 1.54) is 56.3 Å². The molecule has 1 nitrogen and oxygen atoms in total. The van der Waals surface area contributed by atoms with Gasteiger partial charge < -0.3 is 4.48 Å². The number of hydrogen-bond donors (Lipinski definition) is 0. The van der Waals surface area contributed by atoms with Crippen molar-refractivity contribution < 1.29 is 4.48 Å². The molecule has 0 aromatic heterocycles. The summed E-state index contributed by atoms with van der Waals surface area (Å²) in [5.41, 5.74) is 0. The molecule has 2 fully saturated rings. The van der Waals surface area contributed by atoms with Crippen LogP contribution in [0.3, 0.4) is 0 Å². The molecule has 0 radical (unpaired) electrons. The van der Waals surface area contributed by atoms with Gasteiger partial charge in [-0.05, 0) is 0 Å². The van der Waals surface area contributed by atoms with E-state index in [9.17, 15) is 0 Å². The van der Waals surface area contributed by atoms with Crippen LogP contribution < -0.4 is 0 Å². The van der Waals surface area contributed by atoms with E-state index < -0.39 is 0 Å². The summed E-state index contributed by atoms with van der Waals surface area (Å²) in [7, 11) is 0. The zero-order valence-electron chi connectivity index (χ0n) is 10.1. The highest BCUT2D eigenvalue weighted by molar-refractivity contribution is 4.60. The largest absolute Gasteiger partial charge is 0.324 e. The Morgan fingerprint density at radius 2 is 0.769 bits per heavy atom. The highest BCUT2D eigenvalue weighted by atomic mass is 15.4. The third kappa shape index (κ3) is 3.68. The minimum absolute atomic E-state index is 1.50. The maximum atomic E-state index is 2.00. The minimum Gasteiger partial charge on any atom is -0.324 e. The van der Waals surface area contributed by atoms with E-state index in [1.807, 2.05) is 27.7 Å². The number of rotatable bonds is 0. The molecule has 0 bridgehead atoms. The zero-order valence-corrected chi connectivity index (χ0v) is 10.1. The van der Waals surface area contributed by atoms with Crippen LogP contribution in [0.1, 0.15) is 53.4 Å². The fourth-order valence-electron chi connectivity index (χ4n) is 2.46. The standard InChI is InChI=1S/C8H16N.2C2H6/c1-2-6-9(5-1)7-3-4-8-9;2*1-2/h1-8H2;2*1-2H3/q+1;;. The van der Waals surface area contributed by atoms with Crippen molar-refractivity contribution in [2.24, 2.45) is 0 Å². The quantitative estimate of drug-likeness (QED) is 0.508. The molecule has 0 atom stereocenters. The van der Waals surface area contributed by atoms with Gasteiger partial charge in [0.05, 0.1) is 26.2 Å². The minimum atomic E-state index is 1.50. The Labute approximate surface area is 84.7 Å². The second-order valence-electron chi connectivity index (χ2n) is 3.65. The van der Waals surface area contributed by atoms with Gasteiger partial charge in [-0.3, -0.25) is 0 Å². The molecule has 0 aliphatic carbocycles. The lowest BCUT2D eigenvalue weighted by Gasteiger charge is -2.27. The first kappa shape index (κ1) is 13.0. The van der Waals surface area contributed by atoms with Gasteiger partial charge in [0.2, 0.25) is 0 Å². The summed E-state index contributed by atoms with van der Waals surface area (Å²) in [6.07, 6.45) is 6.00. The SMILES string of the molecule is C1CC[N+]2(C1)CCCC2.CC.CC. The predicted octanol–water partition coefficient (Wildman–Crippen LogP) is 3.44. The van der Waals surface area contributed by atoms with E-state index >= 15 is 0 Å². The van der Waals surface area contributed by atoms with E-state index in [1.54, 1.807) is 0 Å². The predicted molar refractivity (Wildman–Crippen MR) is 60.9 cm³/mol. The molecule has 2 rings (SSSR count). The van der Waals surface area contributed by atoms with Gasteiger partial charge in [0, 0.05) is 25.7 Å². The molecule has 2 saturated heterocycles. The average Bonchev–Trinajstić information content (AvgIpc) is 2.87. The molecule has 2 heterocycles. The van der Waals surface area contributed by atoms with Gasteiger partial charge in [0.1, 0.15) is 0 Å². The lowest BCUT2D eigenvalue weighted by molar-refractivity contribution is -0.904. The van der Waals surface area contributed by atoms with Crippen molar-refractivity contribution >= 4 is 0 Å². The molecule has 0 amide bonds. The van der Waals surface area contributed by atoms with E-state index in [-0.39, 0.29) is 0 Å². The number of hydrogen-bond acceptors (Lipinski definition) is 0. The molecule has 13 heavy (non-hydrogen) atoms. The molecular weight excluding hydrogens is 158 g/mol. The van der Waals surface area contributed by atoms with Gasteiger partial charge in [0.15, 0.2) is 0 Å². The van der Waals surface area contributed by atoms with Gasteiger partial charge in [-0.25, -0.2) is 0 Å². The van der Waals surface area contributed by atoms with Crippen molar-refractivity contribution in [1.82, 2.24) is 0 Å². The Bertz CT molecular complexity index is 80.2. The molecule has 0 saturated carbocycles. The van der Waals surface area contributed by atoms with Gasteiger partial charge in [0.25, 0.3) is 0 Å². The van der Waals surface area contributed by atoms with E-state index in [4.69, 9.17) is 0 Å². The van der Waals surface area contributed by atoms with Crippen molar-refractivity contribution in [3.63, 3.8) is 0 Å². The normalized spacial score (nSPS) is 23.1. The Hall–Kier alpha value is -0.0400. The van der Waals surface area contributed by atoms with Crippen LogP contribution in [0, 0.1) is 0 Å². The van der Waals surface area contributed by atoms with Crippen molar-refractivity contribution in [1.29, 1.82) is 0 Å². The highest BCUT2D eigenvalue weighted by Gasteiger charge is 2.34. The lowest BCUT2D eigenvalue weighted by Crippen LogP contribution is -2.41. The first-order valence-electron chi connectivity index (χ1n) is 6.26. The van der Waals surface area contributed by atoms with Crippen LogP contribution in [0.25, 0.3) is 0 Å². The van der Waals surface area contributed by atoms with Crippen LogP contribution >= 0.6 is 0 Å². The second kappa shape index (κ2) is 7.37. The van der Waals surface area contributed by atoms with Crippen LogP contribution in [-0.2, 0) is 0 Å². The molecule has 2 aliphatic heterocycles. The maximum absolute atomic E-state index is 2.00. The van der Waals surface area contributed by atoms with Gasteiger partial charge in [-0.2, -0.15) is 0 Å². The van der Waals surface area contributed by atoms with Crippen LogP contribution in [0.5, 0.6) is 0 Å². The van der Waals surface area contributed by atoms with Crippen molar-refractivity contribution in [2.75, 3.05) is 26.2 Å². The number of nitrogens with zero attached hydrogens (tertiary/aromatic N) is 1. The third-order valence-electron chi connectivity index (χ3n) is 3.03. The average molecular weight is 186 g/mol. The first-order chi connectivity index (χ1) is 6.41. The van der Waals surface area contributed by atoms with Crippen molar-refractivity contribution in [3.05, 3.63) is 0 Å². The van der Waals surface area contributed by atoms with Gasteiger partial charge in [-0.15, -0.1) is 0 Å². The van der Waals surface area contributed by atoms with E-state index in [2.05, 4.69) is 0 Å². The molecular formula is C12H28N+. The molecule has 1 spiro atoms. The van der Waals surface area contributed by atoms with Gasteiger partial charge >= 0.3 is 0 Å². The molecule has 2 aliphatic rings. The highest BCUT2D eigenvalue weighted by Crippen LogP contribution is 2.25. The summed E-state index contributed by atoms with van der Waals surface area (Å²) in [4.78, 5) is 0. The molecule has 0 unspecified atom stereocenters. The fraction of sp³-hybridized carbons (Fsp3) is 1.00. The monoisotopic (exact) mass is 186 g/mol. The van der Waals surface area contributed by atoms with E-state index in [0.717, 1.165) is 0 Å². The molecule has 0 aromatic carbocycles. The zero-order chi connectivity index (χ0) is 10.2. The Morgan fingerprint density at radius 1 is 0.538 bits per heavy atom. The van der Waals surface area contributed by atoms with E-state index in [0.29, 0.717) is 0 Å². The smallest absolute Gasteiger partial charge is 0.0788 e. The third-order valence-corrected chi connectivity index (χ3v) is 3.03. The Balaban J connectivity index is 0.000000322. The summed E-state index contributed by atoms with van der Waals surface area (Å²) < 4.78 is 1.50. The first-order valence-corrected chi connectivity index (χ1v) is 6.26. The second-order valence-corrected chi connectivity index (χ2v) is 3.65. The van der Waals surface area contributed by atoms with Crippen molar-refractivity contribution in [3.8, 4) is 0 Å². The van der Waals surface area contributed by atoms with Crippen molar-refractivity contribution in [2.45, 2.75) is 53.4 Å². The summed E-state index contributed by atoms with van der Waals surface area (Å²) in [5, 5.41) is 0. The molecule has 80 valence electrons. The summed E-state index contributed by atoms with van der Waals surface area (Å²) in [6, 6.07) is 0. The lowest BCUT2D eigenvalue weighted by atomic mass is 10.4. The Morgan fingerprint density at radius 3 is 1.00 bits per heavy atom. The topological polar surface area (TPSA) is 0 Å². The molecule has 0 aromatic rings. The molecule has 0 N–H and O–H groups in total. The molecule has 1 heteroatoms. The summed E-state index contributed by atoms with van der Waals surface area (Å²) in [5.74, 6) is 0. The summed E-state index contributed by atoms with van der Waals surface area (Å²) in [6.45, 7) is 14.0. The Kier molecular flexibility index (Phi) is 7.35. The summed E-state index contributed by atoms with van der Waals surface area (Å²) >= 11 is 0. The fourth-order valence-corrected chi connectivity index (χ4v) is 2.46. The van der Waals surface area contributed by atoms with Crippen LogP contribution in [0.15, 0.2) is 0 Å². The van der Waals surface area contributed by atoms with Crippen LogP contribution in [0.2, 0.25) is 0 Å². The number of quaternary nitrogens is 1. The van der Waals surface area contributed by atoms with Gasteiger partial charge in [-0.1, -0.05) is 27.7 Å². The van der Waals surface area contributed by atoms with Crippen LogP contribution in [0.4, 0.5) is 0 Å².